The molecule has 0 bridgehead atoms. The van der Waals surface area contributed by atoms with Crippen molar-refractivity contribution in [3.63, 3.8) is 0 Å². The number of ether oxygens (including phenoxy) is 1. The summed E-state index contributed by atoms with van der Waals surface area (Å²) in [6.45, 7) is 0.275. The average Bonchev–Trinajstić information content (AvgIpc) is 3.07. The molecular weight excluding hydrogens is 397 g/mol. The molecule has 0 saturated heterocycles. The number of benzene rings is 3. The van der Waals surface area contributed by atoms with E-state index in [1.807, 2.05) is 54.6 Å². The summed E-state index contributed by atoms with van der Waals surface area (Å²) in [6.07, 6.45) is 0. The monoisotopic (exact) mass is 415 g/mol. The second kappa shape index (κ2) is 7.40. The molecule has 4 aromatic rings. The van der Waals surface area contributed by atoms with E-state index in [9.17, 15) is 14.0 Å². The Morgan fingerprint density at radius 2 is 1.74 bits per heavy atom. The number of hydrogen-bond acceptors (Lipinski definition) is 4. The molecule has 0 spiro atoms. The summed E-state index contributed by atoms with van der Waals surface area (Å²) >= 11 is 0. The van der Waals surface area contributed by atoms with E-state index in [4.69, 9.17) is 9.15 Å². The van der Waals surface area contributed by atoms with Crippen LogP contribution in [-0.4, -0.2) is 17.9 Å². The number of halogens is 1. The van der Waals surface area contributed by atoms with Crippen molar-refractivity contribution in [1.82, 2.24) is 4.90 Å². The highest BCUT2D eigenvalue weighted by molar-refractivity contribution is 5.99. The minimum absolute atomic E-state index is 0.00599. The van der Waals surface area contributed by atoms with E-state index in [2.05, 4.69) is 0 Å². The van der Waals surface area contributed by atoms with E-state index in [1.165, 1.54) is 12.1 Å². The van der Waals surface area contributed by atoms with Crippen molar-refractivity contribution < 1.29 is 18.3 Å². The van der Waals surface area contributed by atoms with Crippen LogP contribution in [0.15, 0.2) is 82.0 Å². The fraction of sp³-hybridized carbons (Fsp3) is 0.120. The molecule has 31 heavy (non-hydrogen) atoms. The zero-order valence-electron chi connectivity index (χ0n) is 16.7. The summed E-state index contributed by atoms with van der Waals surface area (Å²) in [5, 5.41) is 0.124. The number of methoxy groups -OCH3 is 1. The molecule has 6 heteroatoms. The lowest BCUT2D eigenvalue weighted by Gasteiger charge is -2.25. The van der Waals surface area contributed by atoms with Gasteiger partial charge in [0.25, 0.3) is 5.91 Å². The number of fused-ring (bicyclic) bond motifs is 2. The number of hydrogen-bond donors (Lipinski definition) is 0. The van der Waals surface area contributed by atoms with Gasteiger partial charge in [0, 0.05) is 6.54 Å². The summed E-state index contributed by atoms with van der Waals surface area (Å²) in [6, 6.07) is 19.8. The van der Waals surface area contributed by atoms with Crippen molar-refractivity contribution >= 4 is 16.9 Å². The molecule has 1 aromatic heterocycles. The highest BCUT2D eigenvalue weighted by Crippen LogP contribution is 2.39. The second-order valence-electron chi connectivity index (χ2n) is 7.41. The molecule has 0 saturated carbocycles. The largest absolute Gasteiger partial charge is 0.497 e. The lowest BCUT2D eigenvalue weighted by atomic mass is 9.98. The van der Waals surface area contributed by atoms with Crippen molar-refractivity contribution in [3.05, 3.63) is 111 Å². The molecule has 0 fully saturated rings. The van der Waals surface area contributed by atoms with E-state index in [0.717, 1.165) is 17.2 Å². The number of carbonyl (C=O) groups is 1. The van der Waals surface area contributed by atoms with Crippen LogP contribution in [0.3, 0.4) is 0 Å². The van der Waals surface area contributed by atoms with Crippen LogP contribution in [0, 0.1) is 5.82 Å². The maximum Gasteiger partial charge on any atom is 0.291 e. The highest BCUT2D eigenvalue weighted by atomic mass is 19.1. The van der Waals surface area contributed by atoms with Crippen LogP contribution in [0.25, 0.3) is 11.0 Å². The zero-order valence-corrected chi connectivity index (χ0v) is 16.7. The van der Waals surface area contributed by atoms with Gasteiger partial charge in [-0.25, -0.2) is 4.39 Å². The van der Waals surface area contributed by atoms with Gasteiger partial charge in [-0.15, -0.1) is 0 Å². The first kappa shape index (κ1) is 19.1. The third-order valence-electron chi connectivity index (χ3n) is 5.56. The lowest BCUT2D eigenvalue weighted by molar-refractivity contribution is 0.0714. The van der Waals surface area contributed by atoms with Crippen molar-refractivity contribution in [1.29, 1.82) is 0 Å². The molecule has 3 aromatic carbocycles. The fourth-order valence-electron chi connectivity index (χ4n) is 4.07. The molecule has 5 rings (SSSR count). The number of rotatable bonds is 4. The Morgan fingerprint density at radius 1 is 1.00 bits per heavy atom. The molecule has 0 aliphatic carbocycles. The Balaban J connectivity index is 1.68. The predicted molar refractivity (Wildman–Crippen MR) is 114 cm³/mol. The first-order valence-corrected chi connectivity index (χ1v) is 9.82. The van der Waals surface area contributed by atoms with E-state index in [0.29, 0.717) is 5.75 Å². The van der Waals surface area contributed by atoms with E-state index in [-0.39, 0.29) is 34.7 Å². The summed E-state index contributed by atoms with van der Waals surface area (Å²) < 4.78 is 24.9. The van der Waals surface area contributed by atoms with Crippen molar-refractivity contribution in [2.24, 2.45) is 0 Å². The van der Waals surface area contributed by atoms with Crippen LogP contribution in [0.2, 0.25) is 0 Å². The van der Waals surface area contributed by atoms with Gasteiger partial charge in [-0.05, 0) is 41.5 Å². The Hall–Kier alpha value is -3.93. The summed E-state index contributed by atoms with van der Waals surface area (Å²) in [7, 11) is 1.59. The molecule has 1 unspecified atom stereocenters. The summed E-state index contributed by atoms with van der Waals surface area (Å²) in [4.78, 5) is 28.3. The van der Waals surface area contributed by atoms with Crippen LogP contribution in [0.5, 0.6) is 5.75 Å². The van der Waals surface area contributed by atoms with E-state index < -0.39 is 17.3 Å². The smallest absolute Gasteiger partial charge is 0.291 e. The molecule has 0 N–H and O–H groups in total. The summed E-state index contributed by atoms with van der Waals surface area (Å²) in [5.74, 6) is -0.186. The Kier molecular flexibility index (Phi) is 4.55. The van der Waals surface area contributed by atoms with Gasteiger partial charge < -0.3 is 14.1 Å². The first-order valence-electron chi connectivity index (χ1n) is 9.82. The van der Waals surface area contributed by atoms with Gasteiger partial charge in [0.2, 0.25) is 5.76 Å². The number of amides is 1. The normalized spacial score (nSPS) is 15.4. The molecule has 1 amide bonds. The van der Waals surface area contributed by atoms with Crippen LogP contribution in [0.4, 0.5) is 4.39 Å². The van der Waals surface area contributed by atoms with Crippen molar-refractivity contribution in [3.8, 4) is 5.75 Å². The standard InChI is InChI=1S/C25H18FNO4/c1-30-18-10-7-15(8-11-18)14-27-22(16-5-3-2-4-6-16)21-23(28)19-13-17(26)9-12-20(19)31-24(21)25(27)29/h2-13,22H,14H2,1H3. The second-order valence-corrected chi connectivity index (χ2v) is 7.41. The topological polar surface area (TPSA) is 59.8 Å². The molecule has 2 heterocycles. The fourth-order valence-corrected chi connectivity index (χ4v) is 4.07. The third kappa shape index (κ3) is 3.17. The molecule has 0 radical (unpaired) electrons. The number of nitrogens with zero attached hydrogens (tertiary/aromatic N) is 1. The summed E-state index contributed by atoms with van der Waals surface area (Å²) in [5.41, 5.74) is 1.70. The van der Waals surface area contributed by atoms with Gasteiger partial charge in [-0.2, -0.15) is 0 Å². The van der Waals surface area contributed by atoms with Crippen LogP contribution >= 0.6 is 0 Å². The van der Waals surface area contributed by atoms with Gasteiger partial charge in [-0.1, -0.05) is 42.5 Å². The van der Waals surface area contributed by atoms with Gasteiger partial charge in [0.1, 0.15) is 17.1 Å². The van der Waals surface area contributed by atoms with E-state index in [1.54, 1.807) is 12.0 Å². The first-order chi connectivity index (χ1) is 15.1. The van der Waals surface area contributed by atoms with Gasteiger partial charge >= 0.3 is 0 Å². The molecule has 1 aliphatic rings. The maximum absolute atomic E-state index is 13.8. The number of carbonyl (C=O) groups excluding carboxylic acids is 1. The molecule has 5 nitrogen and oxygen atoms in total. The van der Waals surface area contributed by atoms with Gasteiger partial charge in [0.15, 0.2) is 5.43 Å². The van der Waals surface area contributed by atoms with Crippen molar-refractivity contribution in [2.45, 2.75) is 12.6 Å². The van der Waals surface area contributed by atoms with Gasteiger partial charge in [-0.3, -0.25) is 9.59 Å². The lowest BCUT2D eigenvalue weighted by Crippen LogP contribution is -2.29. The Bertz CT molecular complexity index is 1350. The third-order valence-corrected chi connectivity index (χ3v) is 5.56. The predicted octanol–water partition coefficient (Wildman–Crippen LogP) is 4.69. The highest BCUT2D eigenvalue weighted by Gasteiger charge is 2.42. The minimum Gasteiger partial charge on any atom is -0.497 e. The quantitative estimate of drug-likeness (QED) is 0.485. The Morgan fingerprint density at radius 3 is 2.45 bits per heavy atom. The average molecular weight is 415 g/mol. The van der Waals surface area contributed by atoms with Crippen LogP contribution in [0.1, 0.15) is 33.3 Å². The molecule has 1 atom stereocenters. The SMILES string of the molecule is COc1ccc(CN2C(=O)c3oc4ccc(F)cc4c(=O)c3C2c2ccccc2)cc1. The van der Waals surface area contributed by atoms with Crippen LogP contribution < -0.4 is 10.2 Å². The molecule has 154 valence electrons. The van der Waals surface area contributed by atoms with Gasteiger partial charge in [0.05, 0.1) is 24.1 Å². The van der Waals surface area contributed by atoms with E-state index >= 15 is 0 Å². The van der Waals surface area contributed by atoms with Crippen LogP contribution in [-0.2, 0) is 6.54 Å². The Labute approximate surface area is 177 Å². The minimum atomic E-state index is -0.630. The molecule has 1 aliphatic heterocycles. The molecular formula is C25H18FNO4. The maximum atomic E-state index is 13.8. The zero-order chi connectivity index (χ0) is 21.5. The van der Waals surface area contributed by atoms with Crippen molar-refractivity contribution in [2.75, 3.05) is 7.11 Å².